The first kappa shape index (κ1) is 10.1. The van der Waals surface area contributed by atoms with Crippen LogP contribution in [0, 0.1) is 5.92 Å². The quantitative estimate of drug-likeness (QED) is 0.749. The monoisotopic (exact) mass is 235 g/mol. The molecule has 1 fully saturated rings. The number of rotatable bonds is 2. The molecule has 2 heterocycles. The van der Waals surface area contributed by atoms with Gasteiger partial charge in [-0.3, -0.25) is 0 Å². The maximum Gasteiger partial charge on any atom is 0.156 e. The zero-order valence-electron chi connectivity index (χ0n) is 9.06. The summed E-state index contributed by atoms with van der Waals surface area (Å²) in [5.41, 5.74) is 1.95. The molecular formula is C12H14ClN3. The van der Waals surface area contributed by atoms with Crippen molar-refractivity contribution in [3.05, 3.63) is 29.2 Å². The molecule has 0 bridgehead atoms. The van der Waals surface area contributed by atoms with E-state index in [1.54, 1.807) is 10.7 Å². The van der Waals surface area contributed by atoms with Crippen LogP contribution in [0.15, 0.2) is 18.3 Å². The Morgan fingerprint density at radius 1 is 1.38 bits per heavy atom. The lowest BCUT2D eigenvalue weighted by atomic mass is 10.0. The Labute approximate surface area is 99.4 Å². The summed E-state index contributed by atoms with van der Waals surface area (Å²) in [5, 5.41) is 4.77. The van der Waals surface area contributed by atoms with Gasteiger partial charge in [0, 0.05) is 11.8 Å². The molecule has 2 aromatic rings. The number of hydrogen-bond acceptors (Lipinski definition) is 2. The summed E-state index contributed by atoms with van der Waals surface area (Å²) in [6.07, 6.45) is 8.20. The molecule has 84 valence electrons. The van der Waals surface area contributed by atoms with E-state index in [0.29, 0.717) is 5.15 Å². The second-order valence-corrected chi connectivity index (χ2v) is 4.91. The van der Waals surface area contributed by atoms with Gasteiger partial charge in [-0.1, -0.05) is 37.3 Å². The third kappa shape index (κ3) is 1.80. The van der Waals surface area contributed by atoms with E-state index in [-0.39, 0.29) is 0 Å². The van der Waals surface area contributed by atoms with Crippen LogP contribution in [0.1, 0.15) is 31.4 Å². The van der Waals surface area contributed by atoms with Gasteiger partial charge in [-0.25, -0.2) is 9.50 Å². The largest absolute Gasteiger partial charge is 0.233 e. The van der Waals surface area contributed by atoms with Gasteiger partial charge in [0.25, 0.3) is 0 Å². The summed E-state index contributed by atoms with van der Waals surface area (Å²) < 4.78 is 1.67. The molecule has 0 atom stereocenters. The van der Waals surface area contributed by atoms with Crippen LogP contribution in [0.5, 0.6) is 0 Å². The number of nitrogens with zero attached hydrogens (tertiary/aromatic N) is 3. The summed E-state index contributed by atoms with van der Waals surface area (Å²) in [7, 11) is 0. The van der Waals surface area contributed by atoms with Crippen LogP contribution >= 0.6 is 11.6 Å². The highest BCUT2D eigenvalue weighted by Gasteiger charge is 2.16. The molecule has 4 heteroatoms. The van der Waals surface area contributed by atoms with E-state index < -0.39 is 0 Å². The lowest BCUT2D eigenvalue weighted by Crippen LogP contribution is -2.03. The van der Waals surface area contributed by atoms with Gasteiger partial charge in [0.2, 0.25) is 0 Å². The fourth-order valence-corrected chi connectivity index (χ4v) is 2.79. The Kier molecular flexibility index (Phi) is 2.56. The first-order valence-electron chi connectivity index (χ1n) is 5.82. The van der Waals surface area contributed by atoms with Crippen molar-refractivity contribution in [3.63, 3.8) is 0 Å². The average molecular weight is 236 g/mol. The molecule has 3 rings (SSSR count). The zero-order valence-corrected chi connectivity index (χ0v) is 9.82. The van der Waals surface area contributed by atoms with Crippen molar-refractivity contribution >= 4 is 17.2 Å². The number of halogens is 1. The smallest absolute Gasteiger partial charge is 0.156 e. The Bertz CT molecular complexity index is 500. The molecule has 3 nitrogen and oxygen atoms in total. The number of hydrogen-bond donors (Lipinski definition) is 0. The van der Waals surface area contributed by atoms with Crippen LogP contribution in [0.25, 0.3) is 5.65 Å². The van der Waals surface area contributed by atoms with Crippen molar-refractivity contribution in [2.45, 2.75) is 32.1 Å². The van der Waals surface area contributed by atoms with Crippen molar-refractivity contribution in [2.75, 3.05) is 0 Å². The van der Waals surface area contributed by atoms with E-state index in [4.69, 9.17) is 11.6 Å². The van der Waals surface area contributed by atoms with Crippen LogP contribution in [0.3, 0.4) is 0 Å². The molecule has 1 saturated carbocycles. The van der Waals surface area contributed by atoms with Gasteiger partial charge in [0.05, 0.1) is 6.20 Å². The van der Waals surface area contributed by atoms with E-state index in [1.807, 2.05) is 12.1 Å². The molecule has 0 amide bonds. The zero-order chi connectivity index (χ0) is 11.0. The van der Waals surface area contributed by atoms with Gasteiger partial charge in [-0.15, -0.1) is 0 Å². The molecule has 2 aromatic heterocycles. The van der Waals surface area contributed by atoms with Crippen LogP contribution in [-0.4, -0.2) is 14.6 Å². The molecule has 16 heavy (non-hydrogen) atoms. The van der Waals surface area contributed by atoms with Gasteiger partial charge in [0.1, 0.15) is 5.15 Å². The highest BCUT2D eigenvalue weighted by Crippen LogP contribution is 2.28. The molecule has 0 aliphatic heterocycles. The highest BCUT2D eigenvalue weighted by molar-refractivity contribution is 6.29. The van der Waals surface area contributed by atoms with Crippen LogP contribution in [0.4, 0.5) is 0 Å². The second kappa shape index (κ2) is 4.06. The Balaban J connectivity index is 1.91. The van der Waals surface area contributed by atoms with E-state index in [1.165, 1.54) is 25.7 Å². The predicted octanol–water partition coefficient (Wildman–Crippen LogP) is 3.12. The minimum Gasteiger partial charge on any atom is -0.233 e. The lowest BCUT2D eigenvalue weighted by molar-refractivity contribution is 0.539. The lowest BCUT2D eigenvalue weighted by Gasteiger charge is -2.08. The molecule has 0 spiro atoms. The molecule has 0 unspecified atom stereocenters. The van der Waals surface area contributed by atoms with Crippen molar-refractivity contribution < 1.29 is 0 Å². The summed E-state index contributed by atoms with van der Waals surface area (Å²) in [6.45, 7) is 0. The van der Waals surface area contributed by atoms with Gasteiger partial charge in [-0.2, -0.15) is 5.10 Å². The van der Waals surface area contributed by atoms with Crippen LogP contribution < -0.4 is 0 Å². The maximum atomic E-state index is 6.15. The Morgan fingerprint density at radius 2 is 2.19 bits per heavy atom. The topological polar surface area (TPSA) is 30.2 Å². The van der Waals surface area contributed by atoms with E-state index in [2.05, 4.69) is 10.1 Å². The summed E-state index contributed by atoms with van der Waals surface area (Å²) in [5.74, 6) is 0.800. The normalized spacial score (nSPS) is 17.3. The summed E-state index contributed by atoms with van der Waals surface area (Å²) in [6, 6.07) is 3.84. The van der Waals surface area contributed by atoms with Gasteiger partial charge in [-0.05, 0) is 18.4 Å². The van der Waals surface area contributed by atoms with E-state index in [0.717, 1.165) is 23.7 Å². The maximum absolute atomic E-state index is 6.15. The first-order chi connectivity index (χ1) is 7.83. The minimum absolute atomic E-state index is 0.656. The van der Waals surface area contributed by atoms with E-state index >= 15 is 0 Å². The third-order valence-corrected chi connectivity index (χ3v) is 3.61. The molecular weight excluding hydrogens is 222 g/mol. The third-order valence-electron chi connectivity index (χ3n) is 3.34. The van der Waals surface area contributed by atoms with Gasteiger partial charge >= 0.3 is 0 Å². The predicted molar refractivity (Wildman–Crippen MR) is 63.7 cm³/mol. The van der Waals surface area contributed by atoms with Crippen LogP contribution in [0.2, 0.25) is 5.15 Å². The highest BCUT2D eigenvalue weighted by atomic mass is 35.5. The second-order valence-electron chi connectivity index (χ2n) is 4.53. The number of fused-ring (bicyclic) bond motifs is 1. The molecule has 1 aliphatic carbocycles. The Hall–Kier alpha value is -1.09. The summed E-state index contributed by atoms with van der Waals surface area (Å²) in [4.78, 5) is 4.58. The minimum atomic E-state index is 0.656. The number of aromatic nitrogens is 3. The van der Waals surface area contributed by atoms with Crippen LogP contribution in [-0.2, 0) is 6.42 Å². The summed E-state index contributed by atoms with van der Waals surface area (Å²) >= 11 is 6.15. The standard InChI is InChI=1S/C12H14ClN3/c13-11-8-10(7-9-3-1-2-4-9)15-12-5-6-14-16(11)12/h5-6,8-9H,1-4,7H2. The first-order valence-corrected chi connectivity index (χ1v) is 6.20. The van der Waals surface area contributed by atoms with Gasteiger partial charge < -0.3 is 0 Å². The van der Waals surface area contributed by atoms with Crippen molar-refractivity contribution in [3.8, 4) is 0 Å². The SMILES string of the molecule is Clc1cc(CC2CCCC2)nc2ccnn12. The molecule has 0 radical (unpaired) electrons. The van der Waals surface area contributed by atoms with E-state index in [9.17, 15) is 0 Å². The average Bonchev–Trinajstić information content (AvgIpc) is 2.87. The molecule has 1 aliphatic rings. The molecule has 0 N–H and O–H groups in total. The fourth-order valence-electron chi connectivity index (χ4n) is 2.54. The van der Waals surface area contributed by atoms with Crippen molar-refractivity contribution in [1.29, 1.82) is 0 Å². The van der Waals surface area contributed by atoms with Crippen molar-refractivity contribution in [2.24, 2.45) is 5.92 Å². The van der Waals surface area contributed by atoms with Gasteiger partial charge in [0.15, 0.2) is 5.65 Å². The Morgan fingerprint density at radius 3 is 3.00 bits per heavy atom. The fraction of sp³-hybridized carbons (Fsp3) is 0.500. The molecule has 0 aromatic carbocycles. The molecule has 0 saturated heterocycles. The van der Waals surface area contributed by atoms with Crippen molar-refractivity contribution in [1.82, 2.24) is 14.6 Å².